The molecule has 1 amide bonds. The minimum Gasteiger partial charge on any atom is -0.328 e. The molecular weight excluding hydrogens is 353 g/mol. The first-order valence-electron chi connectivity index (χ1n) is 8.70. The van der Waals surface area contributed by atoms with E-state index in [-0.39, 0.29) is 11.7 Å². The Morgan fingerprint density at radius 1 is 0.593 bits per heavy atom. The first-order chi connectivity index (χ1) is 13.2. The van der Waals surface area contributed by atoms with Crippen molar-refractivity contribution >= 4 is 39.8 Å². The Hall–Kier alpha value is -3.16. The molecule has 3 nitrogen and oxygen atoms in total. The molecule has 3 aromatic rings. The van der Waals surface area contributed by atoms with Crippen LogP contribution in [-0.2, 0) is 9.59 Å². The molecule has 4 heteroatoms. The molecule has 0 spiro atoms. The molecule has 4 rings (SSSR count). The van der Waals surface area contributed by atoms with E-state index in [1.54, 1.807) is 0 Å². The van der Waals surface area contributed by atoms with Crippen molar-refractivity contribution < 1.29 is 9.59 Å². The standard InChI is InChI=1S/C23H18NO2P/c25-21-16-17-24-23(26)22(21)27(18-10-4-1-5-11-18,19-12-6-2-7-13-19)20-14-8-3-9-15-20/h1-17H,(H,24,26). The van der Waals surface area contributed by atoms with Gasteiger partial charge in [0.15, 0.2) is 5.78 Å². The molecule has 1 aliphatic heterocycles. The molecule has 132 valence electrons. The molecular formula is C23H18NO2P. The average molecular weight is 371 g/mol. The van der Waals surface area contributed by atoms with Gasteiger partial charge < -0.3 is 5.32 Å². The van der Waals surface area contributed by atoms with Gasteiger partial charge in [-0.3, -0.25) is 9.59 Å². The fourth-order valence-electron chi connectivity index (χ4n) is 3.56. The van der Waals surface area contributed by atoms with Gasteiger partial charge in [-0.2, -0.15) is 0 Å². The number of allylic oxidation sites excluding steroid dienone is 1. The van der Waals surface area contributed by atoms with Crippen LogP contribution in [0.5, 0.6) is 0 Å². The molecule has 0 radical (unpaired) electrons. The summed E-state index contributed by atoms with van der Waals surface area (Å²) in [6.45, 7) is -2.64. The van der Waals surface area contributed by atoms with Gasteiger partial charge >= 0.3 is 0 Å². The molecule has 0 saturated heterocycles. The molecule has 27 heavy (non-hydrogen) atoms. The van der Waals surface area contributed by atoms with Crippen molar-refractivity contribution in [1.82, 2.24) is 5.32 Å². The van der Waals surface area contributed by atoms with Gasteiger partial charge in [0.05, 0.1) is 5.29 Å². The van der Waals surface area contributed by atoms with Gasteiger partial charge in [-0.15, -0.1) is 0 Å². The second-order valence-corrected chi connectivity index (χ2v) is 9.54. The van der Waals surface area contributed by atoms with E-state index >= 15 is 0 Å². The summed E-state index contributed by atoms with van der Waals surface area (Å²) in [5, 5.41) is 5.99. The SMILES string of the molecule is O=C1C=CNC(=O)C1=P(c1ccccc1)(c1ccccc1)c1ccccc1. The van der Waals surface area contributed by atoms with E-state index < -0.39 is 6.89 Å². The van der Waals surface area contributed by atoms with Crippen molar-refractivity contribution in [2.24, 2.45) is 0 Å². The predicted molar refractivity (Wildman–Crippen MR) is 112 cm³/mol. The van der Waals surface area contributed by atoms with E-state index in [1.165, 1.54) is 12.3 Å². The van der Waals surface area contributed by atoms with Gasteiger partial charge in [0, 0.05) is 12.3 Å². The highest BCUT2D eigenvalue weighted by atomic mass is 31.2. The molecule has 1 aliphatic rings. The number of rotatable bonds is 3. The third-order valence-electron chi connectivity index (χ3n) is 4.66. The Morgan fingerprint density at radius 2 is 1.00 bits per heavy atom. The minimum atomic E-state index is -2.64. The van der Waals surface area contributed by atoms with E-state index in [1.807, 2.05) is 91.0 Å². The number of amides is 1. The lowest BCUT2D eigenvalue weighted by molar-refractivity contribution is -0.116. The van der Waals surface area contributed by atoms with Crippen LogP contribution in [-0.4, -0.2) is 17.0 Å². The second-order valence-electron chi connectivity index (χ2n) is 6.20. The molecule has 0 bridgehead atoms. The first-order valence-corrected chi connectivity index (χ1v) is 10.5. The molecule has 0 unspecified atom stereocenters. The van der Waals surface area contributed by atoms with Crippen molar-refractivity contribution in [3.8, 4) is 0 Å². The maximum Gasteiger partial charge on any atom is 0.260 e. The summed E-state index contributed by atoms with van der Waals surface area (Å²) in [6, 6.07) is 29.7. The summed E-state index contributed by atoms with van der Waals surface area (Å²) in [5.41, 5.74) is 0. The normalized spacial score (nSPS) is 14.1. The molecule has 0 fully saturated rings. The predicted octanol–water partition coefficient (Wildman–Crippen LogP) is 2.37. The highest BCUT2D eigenvalue weighted by Gasteiger charge is 2.36. The average Bonchev–Trinajstić information content (AvgIpc) is 2.73. The van der Waals surface area contributed by atoms with Gasteiger partial charge in [0.1, 0.15) is 0 Å². The minimum absolute atomic E-state index is 0.233. The summed E-state index contributed by atoms with van der Waals surface area (Å²) < 4.78 is 0. The maximum atomic E-state index is 13.0. The lowest BCUT2D eigenvalue weighted by atomic mass is 10.2. The zero-order valence-electron chi connectivity index (χ0n) is 14.6. The van der Waals surface area contributed by atoms with Crippen LogP contribution in [0.3, 0.4) is 0 Å². The smallest absolute Gasteiger partial charge is 0.260 e. The van der Waals surface area contributed by atoms with Crippen LogP contribution in [0.25, 0.3) is 0 Å². The highest BCUT2D eigenvalue weighted by Crippen LogP contribution is 2.46. The Bertz CT molecular complexity index is 968. The van der Waals surface area contributed by atoms with E-state index in [9.17, 15) is 9.59 Å². The molecule has 0 aromatic heterocycles. The fraction of sp³-hybridized carbons (Fsp3) is 0. The molecule has 3 aromatic carbocycles. The Labute approximate surface area is 158 Å². The van der Waals surface area contributed by atoms with E-state index in [2.05, 4.69) is 5.32 Å². The number of nitrogens with one attached hydrogen (secondary N) is 1. The van der Waals surface area contributed by atoms with Crippen LogP contribution in [0.15, 0.2) is 103 Å². The van der Waals surface area contributed by atoms with Crippen LogP contribution in [0.1, 0.15) is 0 Å². The quantitative estimate of drug-likeness (QED) is 0.719. The van der Waals surface area contributed by atoms with E-state index in [0.29, 0.717) is 5.29 Å². The number of hydrogen-bond acceptors (Lipinski definition) is 2. The molecule has 1 N–H and O–H groups in total. The van der Waals surface area contributed by atoms with Crippen LogP contribution in [0.4, 0.5) is 0 Å². The third kappa shape index (κ3) is 2.87. The van der Waals surface area contributed by atoms with Crippen LogP contribution >= 0.6 is 6.89 Å². The number of benzene rings is 3. The van der Waals surface area contributed by atoms with Crippen molar-refractivity contribution in [2.45, 2.75) is 0 Å². The highest BCUT2D eigenvalue weighted by molar-refractivity contribution is 7.97. The number of carbonyl (C=O) groups excluding carboxylic acids is 2. The molecule has 1 heterocycles. The third-order valence-corrected chi connectivity index (χ3v) is 8.98. The second kappa shape index (κ2) is 7.22. The summed E-state index contributed by atoms with van der Waals surface area (Å²) in [7, 11) is 0. The van der Waals surface area contributed by atoms with Gasteiger partial charge in [-0.05, 0) is 22.8 Å². The fourth-order valence-corrected chi connectivity index (χ4v) is 7.86. The zero-order valence-corrected chi connectivity index (χ0v) is 15.5. The van der Waals surface area contributed by atoms with Gasteiger partial charge in [-0.1, -0.05) is 91.0 Å². The van der Waals surface area contributed by atoms with Crippen molar-refractivity contribution in [3.63, 3.8) is 0 Å². The van der Waals surface area contributed by atoms with E-state index in [0.717, 1.165) is 15.9 Å². The summed E-state index contributed by atoms with van der Waals surface area (Å²) in [4.78, 5) is 26.0. The Kier molecular flexibility index (Phi) is 4.62. The Morgan fingerprint density at radius 3 is 1.37 bits per heavy atom. The summed E-state index contributed by atoms with van der Waals surface area (Å²) >= 11 is 0. The van der Waals surface area contributed by atoms with Gasteiger partial charge in [0.2, 0.25) is 0 Å². The largest absolute Gasteiger partial charge is 0.328 e. The molecule has 0 saturated carbocycles. The van der Waals surface area contributed by atoms with E-state index in [4.69, 9.17) is 0 Å². The number of hydrogen-bond donors (Lipinski definition) is 1. The maximum absolute atomic E-state index is 13.0. The first kappa shape index (κ1) is 17.3. The van der Waals surface area contributed by atoms with Crippen molar-refractivity contribution in [2.75, 3.05) is 0 Å². The lowest BCUT2D eigenvalue weighted by Gasteiger charge is -2.32. The number of carbonyl (C=O) groups is 2. The van der Waals surface area contributed by atoms with Crippen molar-refractivity contribution in [1.29, 1.82) is 0 Å². The van der Waals surface area contributed by atoms with Crippen molar-refractivity contribution in [3.05, 3.63) is 103 Å². The zero-order chi connectivity index (χ0) is 18.7. The number of ketones is 1. The summed E-state index contributed by atoms with van der Waals surface area (Å²) in [5.74, 6) is -0.559. The van der Waals surface area contributed by atoms with Gasteiger partial charge in [-0.25, -0.2) is 0 Å². The summed E-state index contributed by atoms with van der Waals surface area (Å²) in [6.07, 6.45) is 2.87. The Balaban J connectivity index is 2.27. The van der Waals surface area contributed by atoms with Crippen LogP contribution in [0, 0.1) is 0 Å². The van der Waals surface area contributed by atoms with Gasteiger partial charge in [0.25, 0.3) is 5.91 Å². The monoisotopic (exact) mass is 371 g/mol. The topological polar surface area (TPSA) is 46.2 Å². The molecule has 0 atom stereocenters. The molecule has 0 aliphatic carbocycles. The van der Waals surface area contributed by atoms with Crippen LogP contribution in [0.2, 0.25) is 0 Å². The van der Waals surface area contributed by atoms with Crippen LogP contribution < -0.4 is 21.2 Å². The lowest BCUT2D eigenvalue weighted by Crippen LogP contribution is -2.43.